The highest BCUT2D eigenvalue weighted by atomic mass is 35.5. The van der Waals surface area contributed by atoms with Gasteiger partial charge in [0.1, 0.15) is 0 Å². The average Bonchev–Trinajstić information content (AvgIpc) is 2.96. The summed E-state index contributed by atoms with van der Waals surface area (Å²) in [4.78, 5) is 12.6. The summed E-state index contributed by atoms with van der Waals surface area (Å²) >= 11 is 12.1. The van der Waals surface area contributed by atoms with E-state index in [-0.39, 0.29) is 11.9 Å². The van der Waals surface area contributed by atoms with Gasteiger partial charge in [0.25, 0.3) is 5.91 Å². The van der Waals surface area contributed by atoms with Crippen molar-refractivity contribution >= 4 is 34.8 Å². The highest BCUT2D eigenvalue weighted by Gasteiger charge is 2.39. The first-order valence-electron chi connectivity index (χ1n) is 7.41. The van der Waals surface area contributed by atoms with Gasteiger partial charge in [-0.1, -0.05) is 23.2 Å². The SMILES string of the molecule is C[C@H](C(=O)Nc1cc(Cl)ccc1Cl)[N+](C)(C)C1CCCC1. The molecule has 3 nitrogen and oxygen atoms in total. The molecule has 1 fully saturated rings. The number of likely N-dealkylation sites (N-methyl/N-ethyl adjacent to an activating group) is 1. The van der Waals surface area contributed by atoms with E-state index in [1.54, 1.807) is 18.2 Å². The second-order valence-corrected chi connectivity index (χ2v) is 7.20. The number of amides is 1. The molecule has 0 aliphatic heterocycles. The first kappa shape index (κ1) is 16.6. The van der Waals surface area contributed by atoms with Crippen LogP contribution in [0.2, 0.25) is 10.0 Å². The van der Waals surface area contributed by atoms with Gasteiger partial charge in [0.2, 0.25) is 0 Å². The van der Waals surface area contributed by atoms with Crippen LogP contribution in [0.4, 0.5) is 5.69 Å². The van der Waals surface area contributed by atoms with Crippen molar-refractivity contribution < 1.29 is 9.28 Å². The Hall–Kier alpha value is -0.770. The van der Waals surface area contributed by atoms with E-state index >= 15 is 0 Å². The minimum absolute atomic E-state index is 0.0175. The van der Waals surface area contributed by atoms with E-state index in [9.17, 15) is 4.79 Å². The minimum atomic E-state index is -0.136. The Kier molecular flexibility index (Phi) is 5.18. The average molecular weight is 330 g/mol. The molecule has 116 valence electrons. The molecule has 0 saturated heterocycles. The van der Waals surface area contributed by atoms with Crippen molar-refractivity contribution in [3.05, 3.63) is 28.2 Å². The van der Waals surface area contributed by atoms with E-state index < -0.39 is 0 Å². The molecule has 1 amide bonds. The Labute approximate surface area is 136 Å². The van der Waals surface area contributed by atoms with Crippen LogP contribution in [-0.2, 0) is 4.79 Å². The Morgan fingerprint density at radius 2 is 1.90 bits per heavy atom. The molecule has 0 aromatic heterocycles. The number of nitrogens with zero attached hydrogens (tertiary/aromatic N) is 1. The maximum absolute atomic E-state index is 12.6. The predicted octanol–water partition coefficient (Wildman–Crippen LogP) is 4.34. The fourth-order valence-electron chi connectivity index (χ4n) is 3.02. The molecule has 1 aromatic rings. The van der Waals surface area contributed by atoms with Crippen LogP contribution >= 0.6 is 23.2 Å². The number of benzene rings is 1. The van der Waals surface area contributed by atoms with E-state index in [0.29, 0.717) is 26.3 Å². The van der Waals surface area contributed by atoms with Gasteiger partial charge in [-0.05, 0) is 50.8 Å². The first-order chi connectivity index (χ1) is 9.82. The van der Waals surface area contributed by atoms with Gasteiger partial charge in [-0.25, -0.2) is 0 Å². The summed E-state index contributed by atoms with van der Waals surface area (Å²) in [6.45, 7) is 1.98. The third-order valence-corrected chi connectivity index (χ3v) is 5.39. The summed E-state index contributed by atoms with van der Waals surface area (Å²) in [5.41, 5.74) is 0.576. The highest BCUT2D eigenvalue weighted by molar-refractivity contribution is 6.35. The van der Waals surface area contributed by atoms with Crippen LogP contribution in [-0.4, -0.2) is 36.6 Å². The summed E-state index contributed by atoms with van der Waals surface area (Å²) in [6.07, 6.45) is 4.92. The zero-order valence-electron chi connectivity index (χ0n) is 12.8. The van der Waals surface area contributed by atoms with Crippen molar-refractivity contribution in [1.82, 2.24) is 0 Å². The zero-order valence-corrected chi connectivity index (χ0v) is 14.3. The van der Waals surface area contributed by atoms with Crippen LogP contribution in [0, 0.1) is 0 Å². The molecule has 0 spiro atoms. The van der Waals surface area contributed by atoms with Crippen LogP contribution in [0.15, 0.2) is 18.2 Å². The molecule has 2 rings (SSSR count). The maximum Gasteiger partial charge on any atom is 0.282 e. The van der Waals surface area contributed by atoms with Crippen molar-refractivity contribution in [3.8, 4) is 0 Å². The smallest absolute Gasteiger partial charge is 0.282 e. The second-order valence-electron chi connectivity index (χ2n) is 6.36. The quantitative estimate of drug-likeness (QED) is 0.818. The molecule has 0 bridgehead atoms. The number of quaternary nitrogens is 1. The van der Waals surface area contributed by atoms with Crippen LogP contribution in [0.1, 0.15) is 32.6 Å². The largest absolute Gasteiger partial charge is 0.320 e. The Morgan fingerprint density at radius 1 is 1.29 bits per heavy atom. The molecule has 0 heterocycles. The standard InChI is InChI=1S/C16H22Cl2N2O/c1-11(20(2,3)13-6-4-5-7-13)16(21)19-15-10-12(17)8-9-14(15)18/h8-11,13H,4-7H2,1-3H3/p+1/t11-/m1/s1. The monoisotopic (exact) mass is 329 g/mol. The molecular weight excluding hydrogens is 307 g/mol. The van der Waals surface area contributed by atoms with E-state index in [2.05, 4.69) is 19.4 Å². The van der Waals surface area contributed by atoms with Gasteiger partial charge >= 0.3 is 0 Å². The summed E-state index contributed by atoms with van der Waals surface area (Å²) in [7, 11) is 4.28. The van der Waals surface area contributed by atoms with Crippen LogP contribution in [0.25, 0.3) is 0 Å². The molecule has 1 N–H and O–H groups in total. The molecule has 1 atom stereocenters. The van der Waals surface area contributed by atoms with Crippen LogP contribution < -0.4 is 5.32 Å². The predicted molar refractivity (Wildman–Crippen MR) is 88.9 cm³/mol. The van der Waals surface area contributed by atoms with Gasteiger partial charge < -0.3 is 9.80 Å². The lowest BCUT2D eigenvalue weighted by atomic mass is 10.1. The molecular formula is C16H23Cl2N2O+. The van der Waals surface area contributed by atoms with E-state index in [0.717, 1.165) is 0 Å². The summed E-state index contributed by atoms with van der Waals surface area (Å²) in [6, 6.07) is 5.51. The third kappa shape index (κ3) is 3.71. The van der Waals surface area contributed by atoms with Crippen molar-refractivity contribution in [1.29, 1.82) is 0 Å². The van der Waals surface area contributed by atoms with Gasteiger partial charge in [0.05, 0.1) is 30.8 Å². The lowest BCUT2D eigenvalue weighted by molar-refractivity contribution is -0.927. The third-order valence-electron chi connectivity index (χ3n) is 4.83. The molecule has 1 aliphatic carbocycles. The van der Waals surface area contributed by atoms with Crippen molar-refractivity contribution in [3.63, 3.8) is 0 Å². The number of carbonyl (C=O) groups is 1. The van der Waals surface area contributed by atoms with Crippen LogP contribution in [0.3, 0.4) is 0 Å². The van der Waals surface area contributed by atoms with Gasteiger partial charge in [0, 0.05) is 5.02 Å². The number of rotatable bonds is 4. The normalized spacial score (nSPS) is 17.8. The van der Waals surface area contributed by atoms with Gasteiger partial charge in [-0.15, -0.1) is 0 Å². The lowest BCUT2D eigenvalue weighted by Gasteiger charge is -2.40. The van der Waals surface area contributed by atoms with Crippen molar-refractivity contribution in [2.75, 3.05) is 19.4 Å². The molecule has 1 saturated carbocycles. The Bertz CT molecular complexity index is 525. The number of carbonyl (C=O) groups excluding carboxylic acids is 1. The number of halogens is 2. The first-order valence-corrected chi connectivity index (χ1v) is 8.17. The second kappa shape index (κ2) is 6.55. The fraction of sp³-hybridized carbons (Fsp3) is 0.562. The summed E-state index contributed by atoms with van der Waals surface area (Å²) < 4.78 is 0.712. The van der Waals surface area contributed by atoms with E-state index in [1.807, 2.05) is 6.92 Å². The minimum Gasteiger partial charge on any atom is -0.320 e. The summed E-state index contributed by atoms with van der Waals surface area (Å²) in [5.74, 6) is -0.0175. The van der Waals surface area contributed by atoms with Gasteiger partial charge in [0.15, 0.2) is 6.04 Å². The van der Waals surface area contributed by atoms with Crippen molar-refractivity contribution in [2.45, 2.75) is 44.7 Å². The molecule has 0 radical (unpaired) electrons. The number of nitrogens with one attached hydrogen (secondary N) is 1. The van der Waals surface area contributed by atoms with Gasteiger partial charge in [-0.3, -0.25) is 4.79 Å². The molecule has 21 heavy (non-hydrogen) atoms. The zero-order chi connectivity index (χ0) is 15.6. The lowest BCUT2D eigenvalue weighted by Crippen LogP contribution is -2.58. The molecule has 5 heteroatoms. The van der Waals surface area contributed by atoms with Crippen molar-refractivity contribution in [2.24, 2.45) is 0 Å². The molecule has 0 unspecified atom stereocenters. The number of hydrogen-bond acceptors (Lipinski definition) is 1. The number of anilines is 1. The Balaban J connectivity index is 2.10. The van der Waals surface area contributed by atoms with E-state index in [4.69, 9.17) is 23.2 Å². The molecule has 1 aliphatic rings. The van der Waals surface area contributed by atoms with Crippen LogP contribution in [0.5, 0.6) is 0 Å². The molecule has 1 aromatic carbocycles. The fourth-order valence-corrected chi connectivity index (χ4v) is 3.36. The maximum atomic E-state index is 12.6. The summed E-state index contributed by atoms with van der Waals surface area (Å²) in [5, 5.41) is 3.98. The highest BCUT2D eigenvalue weighted by Crippen LogP contribution is 2.30. The topological polar surface area (TPSA) is 29.1 Å². The van der Waals surface area contributed by atoms with E-state index in [1.165, 1.54) is 25.7 Å². The van der Waals surface area contributed by atoms with Gasteiger partial charge in [-0.2, -0.15) is 0 Å². The Morgan fingerprint density at radius 3 is 2.52 bits per heavy atom. The number of hydrogen-bond donors (Lipinski definition) is 1.